The van der Waals surface area contributed by atoms with Crippen LogP contribution in [0.5, 0.6) is 0 Å². The molecule has 2 heterocycles. The van der Waals surface area contributed by atoms with Crippen LogP contribution in [0.2, 0.25) is 0 Å². The number of carboxylic acid groups (broad SMARTS) is 1. The standard InChI is InChI=1S/C14H18N2O3/c1-10-9-11(6-7-15-10)13(17)16-8-4-2-3-5-12(16)14(18)19/h6-7,9,12H,2-5,8H2,1H3,(H,18,19). The van der Waals surface area contributed by atoms with Crippen molar-refractivity contribution in [3.8, 4) is 0 Å². The third-order valence-electron chi connectivity index (χ3n) is 3.44. The van der Waals surface area contributed by atoms with Crippen LogP contribution in [0.15, 0.2) is 18.3 Å². The summed E-state index contributed by atoms with van der Waals surface area (Å²) in [7, 11) is 0. The molecule has 1 aromatic heterocycles. The number of pyridine rings is 1. The zero-order valence-corrected chi connectivity index (χ0v) is 11.0. The minimum atomic E-state index is -0.916. The van der Waals surface area contributed by atoms with Crippen LogP contribution in [0.3, 0.4) is 0 Å². The normalized spacial score (nSPS) is 19.8. The van der Waals surface area contributed by atoms with Crippen LogP contribution >= 0.6 is 0 Å². The fourth-order valence-electron chi connectivity index (χ4n) is 2.45. The Bertz CT molecular complexity index is 487. The lowest BCUT2D eigenvalue weighted by atomic mass is 10.1. The van der Waals surface area contributed by atoms with Crippen molar-refractivity contribution in [1.29, 1.82) is 0 Å². The smallest absolute Gasteiger partial charge is 0.326 e. The molecule has 1 aliphatic rings. The maximum absolute atomic E-state index is 12.5. The molecule has 0 spiro atoms. The number of aryl methyl sites for hydroxylation is 1. The number of amides is 1. The summed E-state index contributed by atoms with van der Waals surface area (Å²) < 4.78 is 0. The fourth-order valence-corrected chi connectivity index (χ4v) is 2.45. The fraction of sp³-hybridized carbons (Fsp3) is 0.500. The lowest BCUT2D eigenvalue weighted by Gasteiger charge is -2.27. The van der Waals surface area contributed by atoms with Gasteiger partial charge in [-0.2, -0.15) is 0 Å². The van der Waals surface area contributed by atoms with Crippen molar-refractivity contribution in [3.05, 3.63) is 29.6 Å². The first-order valence-corrected chi connectivity index (χ1v) is 6.56. The monoisotopic (exact) mass is 262 g/mol. The van der Waals surface area contributed by atoms with E-state index in [-0.39, 0.29) is 5.91 Å². The molecule has 0 radical (unpaired) electrons. The Morgan fingerprint density at radius 1 is 1.37 bits per heavy atom. The van der Waals surface area contributed by atoms with Crippen molar-refractivity contribution < 1.29 is 14.7 Å². The van der Waals surface area contributed by atoms with Crippen molar-refractivity contribution in [2.24, 2.45) is 0 Å². The van der Waals surface area contributed by atoms with Crippen LogP contribution in [0, 0.1) is 6.92 Å². The molecule has 1 aliphatic heterocycles. The van der Waals surface area contributed by atoms with Crippen molar-refractivity contribution in [2.45, 2.75) is 38.6 Å². The van der Waals surface area contributed by atoms with Gasteiger partial charge in [0.05, 0.1) is 0 Å². The van der Waals surface area contributed by atoms with Crippen molar-refractivity contribution >= 4 is 11.9 Å². The summed E-state index contributed by atoms with van der Waals surface area (Å²) in [4.78, 5) is 29.3. The van der Waals surface area contributed by atoms with Crippen LogP contribution in [-0.2, 0) is 4.79 Å². The number of rotatable bonds is 2. The summed E-state index contributed by atoms with van der Waals surface area (Å²) in [5, 5.41) is 9.28. The van der Waals surface area contributed by atoms with Crippen molar-refractivity contribution in [1.82, 2.24) is 9.88 Å². The van der Waals surface area contributed by atoms with Gasteiger partial charge in [0.1, 0.15) is 6.04 Å². The first kappa shape index (κ1) is 13.5. The highest BCUT2D eigenvalue weighted by atomic mass is 16.4. The molecule has 5 nitrogen and oxygen atoms in total. The molecule has 1 amide bonds. The number of aromatic nitrogens is 1. The molecule has 5 heteroatoms. The lowest BCUT2D eigenvalue weighted by molar-refractivity contribution is -0.142. The van der Waals surface area contributed by atoms with E-state index < -0.39 is 12.0 Å². The summed E-state index contributed by atoms with van der Waals surface area (Å²) in [6.07, 6.45) is 4.81. The van der Waals surface area contributed by atoms with Crippen LogP contribution in [0.4, 0.5) is 0 Å². The average molecular weight is 262 g/mol. The van der Waals surface area contributed by atoms with E-state index in [0.717, 1.165) is 25.0 Å². The zero-order chi connectivity index (χ0) is 13.8. The third kappa shape index (κ3) is 3.10. The predicted molar refractivity (Wildman–Crippen MR) is 69.9 cm³/mol. The maximum atomic E-state index is 12.5. The topological polar surface area (TPSA) is 70.5 Å². The van der Waals surface area contributed by atoms with Gasteiger partial charge < -0.3 is 10.0 Å². The quantitative estimate of drug-likeness (QED) is 0.883. The number of nitrogens with zero attached hydrogens (tertiary/aromatic N) is 2. The maximum Gasteiger partial charge on any atom is 0.326 e. The van der Waals surface area contributed by atoms with Gasteiger partial charge in [0, 0.05) is 24.0 Å². The lowest BCUT2D eigenvalue weighted by Crippen LogP contribution is -2.44. The van der Waals surface area contributed by atoms with Gasteiger partial charge >= 0.3 is 5.97 Å². The first-order valence-electron chi connectivity index (χ1n) is 6.56. The number of aliphatic carboxylic acids is 1. The van der Waals surface area contributed by atoms with Crippen LogP contribution in [0.25, 0.3) is 0 Å². The van der Waals surface area contributed by atoms with E-state index in [1.54, 1.807) is 18.3 Å². The predicted octanol–water partition coefficient (Wildman–Crippen LogP) is 1.86. The molecule has 1 fully saturated rings. The van der Waals surface area contributed by atoms with E-state index in [0.29, 0.717) is 18.5 Å². The summed E-state index contributed by atoms with van der Waals surface area (Å²) in [5.74, 6) is -1.12. The van der Waals surface area contributed by atoms with Gasteiger partial charge in [-0.1, -0.05) is 12.8 Å². The third-order valence-corrected chi connectivity index (χ3v) is 3.44. The molecule has 1 aromatic rings. The second-order valence-electron chi connectivity index (χ2n) is 4.89. The molecule has 0 aliphatic carbocycles. The Morgan fingerprint density at radius 2 is 2.16 bits per heavy atom. The van der Waals surface area contributed by atoms with Gasteiger partial charge in [-0.3, -0.25) is 9.78 Å². The Morgan fingerprint density at radius 3 is 2.84 bits per heavy atom. The highest BCUT2D eigenvalue weighted by Gasteiger charge is 2.31. The molecule has 2 rings (SSSR count). The van der Waals surface area contributed by atoms with Gasteiger partial charge in [-0.15, -0.1) is 0 Å². The molecule has 102 valence electrons. The summed E-state index contributed by atoms with van der Waals surface area (Å²) >= 11 is 0. The second-order valence-corrected chi connectivity index (χ2v) is 4.89. The number of hydrogen-bond acceptors (Lipinski definition) is 3. The van der Waals surface area contributed by atoms with Gasteiger partial charge in [0.15, 0.2) is 0 Å². The Balaban J connectivity index is 2.26. The molecule has 1 saturated heterocycles. The molecular weight excluding hydrogens is 244 g/mol. The number of carboxylic acids is 1. The van der Waals surface area contributed by atoms with E-state index in [2.05, 4.69) is 4.98 Å². The summed E-state index contributed by atoms with van der Waals surface area (Å²) in [6.45, 7) is 2.32. The van der Waals surface area contributed by atoms with Gasteiger partial charge in [-0.25, -0.2) is 4.79 Å². The Labute approximate surface area is 112 Å². The number of hydrogen-bond donors (Lipinski definition) is 1. The SMILES string of the molecule is Cc1cc(C(=O)N2CCCCCC2C(=O)O)ccn1. The Hall–Kier alpha value is -1.91. The average Bonchev–Trinajstić information content (AvgIpc) is 2.63. The van der Waals surface area contributed by atoms with Crippen LogP contribution in [-0.4, -0.2) is 39.5 Å². The van der Waals surface area contributed by atoms with Crippen molar-refractivity contribution in [3.63, 3.8) is 0 Å². The minimum absolute atomic E-state index is 0.209. The largest absolute Gasteiger partial charge is 0.480 e. The van der Waals surface area contributed by atoms with E-state index in [1.165, 1.54) is 4.90 Å². The van der Waals surface area contributed by atoms with E-state index in [9.17, 15) is 14.7 Å². The van der Waals surface area contributed by atoms with E-state index >= 15 is 0 Å². The van der Waals surface area contributed by atoms with Crippen molar-refractivity contribution in [2.75, 3.05) is 6.54 Å². The van der Waals surface area contributed by atoms with Gasteiger partial charge in [0.25, 0.3) is 5.91 Å². The molecular formula is C14H18N2O3. The molecule has 0 saturated carbocycles. The summed E-state index contributed by atoms with van der Waals surface area (Å²) in [5.41, 5.74) is 1.27. The minimum Gasteiger partial charge on any atom is -0.480 e. The number of carbonyl (C=O) groups excluding carboxylic acids is 1. The second kappa shape index (κ2) is 5.82. The molecule has 1 atom stereocenters. The zero-order valence-electron chi connectivity index (χ0n) is 11.0. The molecule has 0 bridgehead atoms. The van der Waals surface area contributed by atoms with Crippen LogP contribution < -0.4 is 0 Å². The molecule has 0 aromatic carbocycles. The summed E-state index contributed by atoms with van der Waals surface area (Å²) in [6, 6.07) is 2.63. The molecule has 19 heavy (non-hydrogen) atoms. The van der Waals surface area contributed by atoms with Crippen LogP contribution in [0.1, 0.15) is 41.7 Å². The van der Waals surface area contributed by atoms with Gasteiger partial charge in [-0.05, 0) is 31.9 Å². The number of likely N-dealkylation sites (tertiary alicyclic amines) is 1. The molecule has 1 unspecified atom stereocenters. The van der Waals surface area contributed by atoms with E-state index in [4.69, 9.17) is 0 Å². The highest BCUT2D eigenvalue weighted by molar-refractivity contribution is 5.96. The first-order chi connectivity index (χ1) is 9.09. The van der Waals surface area contributed by atoms with E-state index in [1.807, 2.05) is 6.92 Å². The van der Waals surface area contributed by atoms with Gasteiger partial charge in [0.2, 0.25) is 0 Å². The number of carbonyl (C=O) groups is 2. The highest BCUT2D eigenvalue weighted by Crippen LogP contribution is 2.19. The molecule has 1 N–H and O–H groups in total. The Kier molecular flexibility index (Phi) is 4.14.